The zero-order chi connectivity index (χ0) is 11.5. The van der Waals surface area contributed by atoms with E-state index in [0.29, 0.717) is 11.3 Å². The molecule has 15 heavy (non-hydrogen) atoms. The number of thiol groups is 1. The minimum atomic E-state index is -4.42. The Morgan fingerprint density at radius 2 is 2.00 bits per heavy atom. The maximum Gasteiger partial charge on any atom is 0.418 e. The number of benzene rings is 1. The van der Waals surface area contributed by atoms with E-state index in [-0.39, 0.29) is 5.69 Å². The third-order valence-corrected chi connectivity index (χ3v) is 1.83. The Balaban J connectivity index is 3.09. The molecule has 0 fully saturated rings. The number of nitrogen functional groups attached to an aromatic ring is 1. The van der Waals surface area contributed by atoms with Gasteiger partial charge in [0.15, 0.2) is 0 Å². The molecule has 0 aliphatic heterocycles. The number of rotatable bonds is 0. The molecule has 0 amide bonds. The number of hydrogen-bond donors (Lipinski definition) is 2. The Morgan fingerprint density at radius 1 is 1.33 bits per heavy atom. The Kier molecular flexibility index (Phi) is 3.53. The highest BCUT2D eigenvalue weighted by Crippen LogP contribution is 2.33. The maximum atomic E-state index is 12.3. The van der Waals surface area contributed by atoms with E-state index in [9.17, 15) is 13.2 Å². The lowest BCUT2D eigenvalue weighted by Gasteiger charge is -2.09. The zero-order valence-electron chi connectivity index (χ0n) is 7.60. The Bertz CT molecular complexity index is 415. The van der Waals surface area contributed by atoms with Crippen LogP contribution in [0.25, 0.3) is 0 Å². The largest absolute Gasteiger partial charge is 0.418 e. The number of anilines is 1. The SMILES string of the molecule is Nc1cc(C#CCS)ccc1C(F)(F)F. The molecule has 1 aromatic rings. The monoisotopic (exact) mass is 231 g/mol. The van der Waals surface area contributed by atoms with E-state index in [1.807, 2.05) is 0 Å². The summed E-state index contributed by atoms with van der Waals surface area (Å²) in [5.41, 5.74) is 4.58. The molecule has 1 rings (SSSR count). The summed E-state index contributed by atoms with van der Waals surface area (Å²) in [4.78, 5) is 0. The van der Waals surface area contributed by atoms with E-state index in [0.717, 1.165) is 6.07 Å². The molecular formula is C10H8F3NS. The molecule has 0 atom stereocenters. The van der Waals surface area contributed by atoms with Crippen molar-refractivity contribution in [3.63, 3.8) is 0 Å². The second kappa shape index (κ2) is 4.49. The molecule has 80 valence electrons. The normalized spacial score (nSPS) is 10.7. The van der Waals surface area contributed by atoms with Gasteiger partial charge in [0.25, 0.3) is 0 Å². The van der Waals surface area contributed by atoms with Crippen molar-refractivity contribution in [2.45, 2.75) is 6.18 Å². The molecule has 1 nitrogen and oxygen atoms in total. The first-order valence-electron chi connectivity index (χ1n) is 4.01. The molecule has 0 heterocycles. The highest BCUT2D eigenvalue weighted by Gasteiger charge is 2.32. The zero-order valence-corrected chi connectivity index (χ0v) is 8.49. The number of alkyl halides is 3. The van der Waals surface area contributed by atoms with Crippen LogP contribution >= 0.6 is 12.6 Å². The van der Waals surface area contributed by atoms with Crippen molar-refractivity contribution in [3.05, 3.63) is 29.3 Å². The van der Waals surface area contributed by atoms with Crippen LogP contribution in [0.5, 0.6) is 0 Å². The van der Waals surface area contributed by atoms with E-state index in [2.05, 4.69) is 24.5 Å². The average molecular weight is 231 g/mol. The van der Waals surface area contributed by atoms with Gasteiger partial charge >= 0.3 is 6.18 Å². The predicted molar refractivity (Wildman–Crippen MR) is 56.6 cm³/mol. The molecule has 0 saturated carbocycles. The smallest absolute Gasteiger partial charge is 0.398 e. The van der Waals surface area contributed by atoms with Crippen molar-refractivity contribution in [1.82, 2.24) is 0 Å². The molecular weight excluding hydrogens is 223 g/mol. The standard InChI is InChI=1S/C10H8F3NS/c11-10(12,13)8-4-3-7(2-1-5-15)6-9(8)14/h3-4,6,15H,5,14H2. The summed E-state index contributed by atoms with van der Waals surface area (Å²) in [7, 11) is 0. The highest BCUT2D eigenvalue weighted by molar-refractivity contribution is 7.80. The number of nitrogens with two attached hydrogens (primary N) is 1. The van der Waals surface area contributed by atoms with E-state index >= 15 is 0 Å². The summed E-state index contributed by atoms with van der Waals surface area (Å²) in [5.74, 6) is 5.62. The highest BCUT2D eigenvalue weighted by atomic mass is 32.1. The second-order valence-corrected chi connectivity index (χ2v) is 3.08. The quantitative estimate of drug-likeness (QED) is 0.400. The molecule has 5 heteroatoms. The molecule has 0 radical (unpaired) electrons. The van der Waals surface area contributed by atoms with Gasteiger partial charge < -0.3 is 5.73 Å². The van der Waals surface area contributed by atoms with Crippen LogP contribution in [0, 0.1) is 11.8 Å². The van der Waals surface area contributed by atoms with Crippen molar-refractivity contribution in [1.29, 1.82) is 0 Å². The summed E-state index contributed by atoms with van der Waals surface area (Å²) < 4.78 is 36.9. The van der Waals surface area contributed by atoms with Crippen LogP contribution < -0.4 is 5.73 Å². The van der Waals surface area contributed by atoms with Gasteiger partial charge in [-0.25, -0.2) is 0 Å². The van der Waals surface area contributed by atoms with Crippen molar-refractivity contribution in [2.75, 3.05) is 11.5 Å². The van der Waals surface area contributed by atoms with E-state index < -0.39 is 11.7 Å². The molecule has 0 unspecified atom stereocenters. The van der Waals surface area contributed by atoms with Crippen molar-refractivity contribution < 1.29 is 13.2 Å². The maximum absolute atomic E-state index is 12.3. The first-order valence-corrected chi connectivity index (χ1v) is 4.65. The van der Waals surface area contributed by atoms with Crippen molar-refractivity contribution >= 4 is 18.3 Å². The van der Waals surface area contributed by atoms with Crippen LogP contribution in [0.15, 0.2) is 18.2 Å². The van der Waals surface area contributed by atoms with Crippen molar-refractivity contribution in [3.8, 4) is 11.8 Å². The van der Waals surface area contributed by atoms with E-state index in [1.165, 1.54) is 12.1 Å². The summed E-state index contributed by atoms with van der Waals surface area (Å²) >= 11 is 3.86. The van der Waals surface area contributed by atoms with Crippen LogP contribution in [0.1, 0.15) is 11.1 Å². The van der Waals surface area contributed by atoms with E-state index in [4.69, 9.17) is 5.73 Å². The van der Waals surface area contributed by atoms with Gasteiger partial charge in [-0.1, -0.05) is 11.8 Å². The Hall–Kier alpha value is -1.28. The molecule has 1 aromatic carbocycles. The van der Waals surface area contributed by atoms with Gasteiger partial charge in [-0.05, 0) is 18.2 Å². The number of hydrogen-bond acceptors (Lipinski definition) is 2. The summed E-state index contributed by atoms with van der Waals surface area (Å²) in [6.45, 7) is 0. The molecule has 2 N–H and O–H groups in total. The van der Waals surface area contributed by atoms with Crippen LogP contribution in [-0.2, 0) is 6.18 Å². The fourth-order valence-corrected chi connectivity index (χ4v) is 1.12. The van der Waals surface area contributed by atoms with Crippen LogP contribution in [0.3, 0.4) is 0 Å². The third kappa shape index (κ3) is 3.10. The van der Waals surface area contributed by atoms with Gasteiger partial charge in [0.05, 0.1) is 11.3 Å². The van der Waals surface area contributed by atoms with Crippen LogP contribution in [-0.4, -0.2) is 5.75 Å². The first-order chi connectivity index (χ1) is 6.95. The molecule has 0 bridgehead atoms. The van der Waals surface area contributed by atoms with E-state index in [1.54, 1.807) is 0 Å². The lowest BCUT2D eigenvalue weighted by atomic mass is 10.1. The first kappa shape index (κ1) is 11.8. The third-order valence-electron chi connectivity index (χ3n) is 1.67. The van der Waals surface area contributed by atoms with Gasteiger partial charge in [0.1, 0.15) is 0 Å². The molecule has 0 aromatic heterocycles. The second-order valence-electron chi connectivity index (χ2n) is 2.76. The molecule has 0 spiro atoms. The Labute approximate surface area is 90.9 Å². The summed E-state index contributed by atoms with van der Waals surface area (Å²) in [5, 5.41) is 0. The van der Waals surface area contributed by atoms with Crippen LogP contribution in [0.4, 0.5) is 18.9 Å². The fraction of sp³-hybridized carbons (Fsp3) is 0.200. The Morgan fingerprint density at radius 3 is 2.47 bits per heavy atom. The van der Waals surface area contributed by atoms with Crippen molar-refractivity contribution in [2.24, 2.45) is 0 Å². The summed E-state index contributed by atoms with van der Waals surface area (Å²) in [6.07, 6.45) is -4.42. The molecule has 0 saturated heterocycles. The van der Waals surface area contributed by atoms with Crippen LogP contribution in [0.2, 0.25) is 0 Å². The lowest BCUT2D eigenvalue weighted by molar-refractivity contribution is -0.136. The topological polar surface area (TPSA) is 26.0 Å². The predicted octanol–water partition coefficient (Wildman–Crippen LogP) is 2.57. The molecule has 0 aliphatic rings. The van der Waals surface area contributed by atoms with Gasteiger partial charge in [-0.15, -0.1) is 0 Å². The minimum absolute atomic E-state index is 0.312. The summed E-state index contributed by atoms with van der Waals surface area (Å²) in [6, 6.07) is 3.42. The van der Waals surface area contributed by atoms with Gasteiger partial charge in [0, 0.05) is 11.3 Å². The fourth-order valence-electron chi connectivity index (χ4n) is 1.04. The van der Waals surface area contributed by atoms with Gasteiger partial charge in [0.2, 0.25) is 0 Å². The van der Waals surface area contributed by atoms with Gasteiger partial charge in [-0.2, -0.15) is 25.8 Å². The number of halogens is 3. The van der Waals surface area contributed by atoms with Gasteiger partial charge in [-0.3, -0.25) is 0 Å². The lowest BCUT2D eigenvalue weighted by Crippen LogP contribution is -2.08. The average Bonchev–Trinajstić information content (AvgIpc) is 2.12. The molecule has 0 aliphatic carbocycles. The minimum Gasteiger partial charge on any atom is -0.398 e.